The maximum atomic E-state index is 13.2. The Morgan fingerprint density at radius 3 is 2.37 bits per heavy atom. The predicted octanol–water partition coefficient (Wildman–Crippen LogP) is 3.06. The highest BCUT2D eigenvalue weighted by molar-refractivity contribution is 6.30. The molecule has 150 valence electrons. The second kappa shape index (κ2) is 8.48. The average molecular weight is 406 g/mol. The Morgan fingerprint density at radius 2 is 1.85 bits per heavy atom. The van der Waals surface area contributed by atoms with Gasteiger partial charge in [-0.1, -0.05) is 11.6 Å². The van der Waals surface area contributed by atoms with Crippen molar-refractivity contribution in [3.05, 3.63) is 34.3 Å². The molecule has 27 heavy (non-hydrogen) atoms. The van der Waals surface area contributed by atoms with Crippen molar-refractivity contribution in [2.75, 3.05) is 13.1 Å². The third kappa shape index (κ3) is 5.35. The van der Waals surface area contributed by atoms with Crippen LogP contribution in [-0.2, 0) is 11.0 Å². The number of amides is 2. The minimum absolute atomic E-state index is 0.0627. The molecule has 1 saturated heterocycles. The number of hydrogen-bond donors (Lipinski definition) is 2. The SMILES string of the molecule is CC(NC(=O)c1ccc(Cl)cc1C(F)(F)F)C1CCN(C(=O)[C@H](C)N)CC1. The molecule has 2 amide bonds. The zero-order valence-corrected chi connectivity index (χ0v) is 15.9. The first kappa shape index (κ1) is 21.5. The molecule has 0 spiro atoms. The van der Waals surface area contributed by atoms with Crippen LogP contribution in [0, 0.1) is 5.92 Å². The van der Waals surface area contributed by atoms with Crippen molar-refractivity contribution in [1.29, 1.82) is 0 Å². The zero-order valence-electron chi connectivity index (χ0n) is 15.1. The van der Waals surface area contributed by atoms with Crippen LogP contribution >= 0.6 is 11.6 Å². The van der Waals surface area contributed by atoms with E-state index in [1.54, 1.807) is 18.7 Å². The Labute approximate surface area is 161 Å². The molecule has 1 aliphatic heterocycles. The molecule has 1 heterocycles. The molecule has 1 unspecified atom stereocenters. The summed E-state index contributed by atoms with van der Waals surface area (Å²) in [5.74, 6) is -0.852. The van der Waals surface area contributed by atoms with Crippen molar-refractivity contribution < 1.29 is 22.8 Å². The monoisotopic (exact) mass is 405 g/mol. The van der Waals surface area contributed by atoms with E-state index < -0.39 is 29.3 Å². The Morgan fingerprint density at radius 1 is 1.26 bits per heavy atom. The summed E-state index contributed by atoms with van der Waals surface area (Å²) in [5, 5.41) is 2.57. The quantitative estimate of drug-likeness (QED) is 0.808. The van der Waals surface area contributed by atoms with Crippen molar-refractivity contribution in [3.63, 3.8) is 0 Å². The van der Waals surface area contributed by atoms with Gasteiger partial charge in [0.15, 0.2) is 0 Å². The highest BCUT2D eigenvalue weighted by atomic mass is 35.5. The lowest BCUT2D eigenvalue weighted by molar-refractivity contribution is -0.138. The molecule has 9 heteroatoms. The Hall–Kier alpha value is -1.80. The molecule has 0 radical (unpaired) electrons. The van der Waals surface area contributed by atoms with Gasteiger partial charge in [0, 0.05) is 24.2 Å². The highest BCUT2D eigenvalue weighted by Crippen LogP contribution is 2.34. The molecular formula is C18H23ClF3N3O2. The number of rotatable bonds is 4. The Kier molecular flexibility index (Phi) is 6.75. The highest BCUT2D eigenvalue weighted by Gasteiger charge is 2.36. The van der Waals surface area contributed by atoms with Gasteiger partial charge in [0.1, 0.15) is 0 Å². The smallest absolute Gasteiger partial charge is 0.349 e. The van der Waals surface area contributed by atoms with Gasteiger partial charge >= 0.3 is 6.18 Å². The predicted molar refractivity (Wildman–Crippen MR) is 96.3 cm³/mol. The molecule has 1 aromatic carbocycles. The van der Waals surface area contributed by atoms with Gasteiger partial charge in [-0.25, -0.2) is 0 Å². The van der Waals surface area contributed by atoms with E-state index in [0.29, 0.717) is 25.9 Å². The van der Waals surface area contributed by atoms with Gasteiger partial charge in [-0.3, -0.25) is 9.59 Å². The first-order valence-corrected chi connectivity index (χ1v) is 9.10. The molecule has 0 aromatic heterocycles. The van der Waals surface area contributed by atoms with Crippen molar-refractivity contribution in [2.45, 2.75) is 44.9 Å². The fourth-order valence-electron chi connectivity index (χ4n) is 3.26. The number of piperidine rings is 1. The largest absolute Gasteiger partial charge is 0.417 e. The summed E-state index contributed by atoms with van der Waals surface area (Å²) in [6.45, 7) is 4.41. The van der Waals surface area contributed by atoms with Crippen molar-refractivity contribution in [2.24, 2.45) is 11.7 Å². The van der Waals surface area contributed by atoms with Gasteiger partial charge in [0.2, 0.25) is 5.91 Å². The summed E-state index contributed by atoms with van der Waals surface area (Å²) in [4.78, 5) is 26.0. The van der Waals surface area contributed by atoms with Gasteiger partial charge in [-0.15, -0.1) is 0 Å². The topological polar surface area (TPSA) is 75.4 Å². The van der Waals surface area contributed by atoms with Crippen LogP contribution in [0.3, 0.4) is 0 Å². The van der Waals surface area contributed by atoms with Gasteiger partial charge < -0.3 is 16.0 Å². The minimum Gasteiger partial charge on any atom is -0.349 e. The maximum Gasteiger partial charge on any atom is 0.417 e. The van der Waals surface area contributed by atoms with E-state index in [-0.39, 0.29) is 22.9 Å². The lowest BCUT2D eigenvalue weighted by Crippen LogP contribution is -2.49. The number of nitrogens with zero attached hydrogens (tertiary/aromatic N) is 1. The van der Waals surface area contributed by atoms with E-state index in [0.717, 1.165) is 12.1 Å². The molecule has 1 aliphatic rings. The summed E-state index contributed by atoms with van der Waals surface area (Å²) in [7, 11) is 0. The Bertz CT molecular complexity index is 702. The fraction of sp³-hybridized carbons (Fsp3) is 0.556. The number of halogens is 4. The molecule has 2 rings (SSSR count). The number of carbonyl (C=O) groups is 2. The zero-order chi connectivity index (χ0) is 20.4. The summed E-state index contributed by atoms with van der Waals surface area (Å²) >= 11 is 5.64. The van der Waals surface area contributed by atoms with E-state index in [9.17, 15) is 22.8 Å². The number of likely N-dealkylation sites (tertiary alicyclic amines) is 1. The third-order valence-corrected chi connectivity index (χ3v) is 5.07. The number of nitrogens with two attached hydrogens (primary N) is 1. The summed E-state index contributed by atoms with van der Waals surface area (Å²) in [6.07, 6.45) is -3.38. The van der Waals surface area contributed by atoms with E-state index in [4.69, 9.17) is 17.3 Å². The van der Waals surface area contributed by atoms with Crippen LogP contribution in [0.1, 0.15) is 42.6 Å². The molecule has 1 aromatic rings. The van der Waals surface area contributed by atoms with Crippen LogP contribution in [-0.4, -0.2) is 41.9 Å². The van der Waals surface area contributed by atoms with E-state index >= 15 is 0 Å². The molecule has 1 fully saturated rings. The van der Waals surface area contributed by atoms with Gasteiger partial charge in [0.25, 0.3) is 5.91 Å². The van der Waals surface area contributed by atoms with Crippen LogP contribution in [0.15, 0.2) is 18.2 Å². The average Bonchev–Trinajstić information content (AvgIpc) is 2.60. The number of carbonyl (C=O) groups excluding carboxylic acids is 2. The third-order valence-electron chi connectivity index (χ3n) is 4.84. The van der Waals surface area contributed by atoms with Crippen molar-refractivity contribution >= 4 is 23.4 Å². The fourth-order valence-corrected chi connectivity index (χ4v) is 3.43. The van der Waals surface area contributed by atoms with Crippen LogP contribution in [0.4, 0.5) is 13.2 Å². The lowest BCUT2D eigenvalue weighted by Gasteiger charge is -2.36. The summed E-state index contributed by atoms with van der Waals surface area (Å²) < 4.78 is 39.5. The summed E-state index contributed by atoms with van der Waals surface area (Å²) in [5.41, 5.74) is 4.09. The maximum absolute atomic E-state index is 13.2. The molecule has 0 saturated carbocycles. The van der Waals surface area contributed by atoms with Gasteiger partial charge in [0.05, 0.1) is 17.2 Å². The normalized spacial score (nSPS) is 18.1. The first-order chi connectivity index (χ1) is 12.5. The van der Waals surface area contributed by atoms with E-state index in [1.807, 2.05) is 0 Å². The second-order valence-electron chi connectivity index (χ2n) is 6.90. The number of alkyl halides is 3. The van der Waals surface area contributed by atoms with Crippen LogP contribution in [0.25, 0.3) is 0 Å². The van der Waals surface area contributed by atoms with E-state index in [2.05, 4.69) is 5.32 Å². The lowest BCUT2D eigenvalue weighted by atomic mass is 9.89. The molecule has 0 aliphatic carbocycles. The number of nitrogens with one attached hydrogen (secondary N) is 1. The first-order valence-electron chi connectivity index (χ1n) is 8.72. The van der Waals surface area contributed by atoms with Gasteiger partial charge in [-0.2, -0.15) is 13.2 Å². The molecule has 3 N–H and O–H groups in total. The minimum atomic E-state index is -4.68. The molecule has 5 nitrogen and oxygen atoms in total. The summed E-state index contributed by atoms with van der Waals surface area (Å²) in [6, 6.07) is 2.19. The van der Waals surface area contributed by atoms with Crippen molar-refractivity contribution in [3.8, 4) is 0 Å². The van der Waals surface area contributed by atoms with Gasteiger partial charge in [-0.05, 0) is 50.8 Å². The second-order valence-corrected chi connectivity index (χ2v) is 7.34. The molecule has 2 atom stereocenters. The van der Waals surface area contributed by atoms with Crippen LogP contribution < -0.4 is 11.1 Å². The number of hydrogen-bond acceptors (Lipinski definition) is 3. The molecule has 0 bridgehead atoms. The Balaban J connectivity index is 2.02. The molecular weight excluding hydrogens is 383 g/mol. The van der Waals surface area contributed by atoms with Crippen molar-refractivity contribution in [1.82, 2.24) is 10.2 Å². The standard InChI is InChI=1S/C18H23ClF3N3O2/c1-10(23)17(27)25-7-5-12(6-8-25)11(2)24-16(26)14-4-3-13(19)9-15(14)18(20,21)22/h3-4,9-12H,5-8,23H2,1-2H3,(H,24,26)/t10-,11?/m0/s1. The van der Waals surface area contributed by atoms with Crippen LogP contribution in [0.2, 0.25) is 5.02 Å². The number of benzene rings is 1. The van der Waals surface area contributed by atoms with Crippen LogP contribution in [0.5, 0.6) is 0 Å². The van der Waals surface area contributed by atoms with E-state index in [1.165, 1.54) is 6.07 Å².